The van der Waals surface area contributed by atoms with Gasteiger partial charge in [-0.15, -0.1) is 0 Å². The second-order valence-electron chi connectivity index (χ2n) is 4.83. The van der Waals surface area contributed by atoms with Gasteiger partial charge in [0.25, 0.3) is 5.91 Å². The molecule has 0 aliphatic rings. The number of nitrogens with one attached hydrogen (secondary N) is 1. The highest BCUT2D eigenvalue weighted by molar-refractivity contribution is 5.97. The van der Waals surface area contributed by atoms with Gasteiger partial charge in [0, 0.05) is 0 Å². The highest BCUT2D eigenvalue weighted by atomic mass is 19.4. The first kappa shape index (κ1) is 23.8. The molecule has 160 valence electrons. The minimum atomic E-state index is -7.38. The first-order chi connectivity index (χ1) is 12.3. The fourth-order valence-electron chi connectivity index (χ4n) is 1.45. The highest BCUT2D eigenvalue weighted by Gasteiger charge is 2.79. The number of benzene rings is 1. The number of para-hydroxylation sites is 1. The van der Waals surface area contributed by atoms with Crippen LogP contribution in [0.5, 0.6) is 0 Å². The van der Waals surface area contributed by atoms with Crippen molar-refractivity contribution in [3.63, 3.8) is 0 Å². The maximum atomic E-state index is 13.9. The topological polar surface area (TPSA) is 38.3 Å². The van der Waals surface area contributed by atoms with Crippen molar-refractivity contribution < 1.29 is 66.6 Å². The van der Waals surface area contributed by atoms with Gasteiger partial charge in [0.2, 0.25) is 0 Å². The van der Waals surface area contributed by atoms with Crippen LogP contribution >= 0.6 is 0 Å². The zero-order valence-electron chi connectivity index (χ0n) is 12.5. The molecular weight excluding hydrogens is 437 g/mol. The summed E-state index contributed by atoms with van der Waals surface area (Å²) < 4.78 is 168. The number of rotatable bonds is 5. The Balaban J connectivity index is 3.39. The normalized spacial score (nSPS) is 15.9. The molecule has 1 aromatic carbocycles. The fourth-order valence-corrected chi connectivity index (χ4v) is 1.45. The number of anilines is 1. The Labute approximate surface area is 145 Å². The minimum Gasteiger partial charge on any atom is -0.316 e. The van der Waals surface area contributed by atoms with Crippen LogP contribution in [0.2, 0.25) is 0 Å². The third kappa shape index (κ3) is 4.10. The molecule has 0 aromatic heterocycles. The number of alkyl halides is 11. The molecule has 1 amide bonds. The maximum Gasteiger partial charge on any atom is 0.462 e. The minimum absolute atomic E-state index is 0.291. The molecule has 0 saturated heterocycles. The highest BCUT2D eigenvalue weighted by Crippen LogP contribution is 2.51. The Morgan fingerprint density at radius 1 is 0.786 bits per heavy atom. The van der Waals surface area contributed by atoms with Crippen LogP contribution in [0.1, 0.15) is 0 Å². The van der Waals surface area contributed by atoms with Crippen LogP contribution in [0.3, 0.4) is 0 Å². The third-order valence-corrected chi connectivity index (χ3v) is 2.85. The van der Waals surface area contributed by atoms with E-state index in [2.05, 4.69) is 0 Å². The standard InChI is InChI=1S/C12H4F13NO2/c13-4-2-1-3-5(14)6(4)26-7(27)8(15,10(18,19)20)28-12(24,25)9(16,17)11(21,22)23/h1-3H,(H,26,27)/t8-/m1/s1. The van der Waals surface area contributed by atoms with Crippen LogP contribution in [0.25, 0.3) is 0 Å². The molecule has 0 heterocycles. The van der Waals surface area contributed by atoms with E-state index in [-0.39, 0.29) is 0 Å². The van der Waals surface area contributed by atoms with Gasteiger partial charge in [-0.2, -0.15) is 48.3 Å². The van der Waals surface area contributed by atoms with Crippen LogP contribution in [0, 0.1) is 11.6 Å². The van der Waals surface area contributed by atoms with Crippen LogP contribution in [-0.4, -0.2) is 36.1 Å². The van der Waals surface area contributed by atoms with E-state index in [1.807, 2.05) is 4.74 Å². The van der Waals surface area contributed by atoms with Crippen LogP contribution < -0.4 is 5.32 Å². The summed E-state index contributed by atoms with van der Waals surface area (Å²) in [6.07, 6.45) is -21.5. The average molecular weight is 441 g/mol. The van der Waals surface area contributed by atoms with Crippen molar-refractivity contribution in [3.8, 4) is 0 Å². The zero-order chi connectivity index (χ0) is 22.3. The molecule has 1 rings (SSSR count). The van der Waals surface area contributed by atoms with Gasteiger partial charge < -0.3 is 5.32 Å². The molecule has 1 aromatic rings. The first-order valence-corrected chi connectivity index (χ1v) is 6.31. The molecule has 28 heavy (non-hydrogen) atoms. The van der Waals surface area contributed by atoms with Crippen molar-refractivity contribution in [1.82, 2.24) is 0 Å². The van der Waals surface area contributed by atoms with Gasteiger partial charge in [0.15, 0.2) is 0 Å². The Morgan fingerprint density at radius 2 is 1.21 bits per heavy atom. The molecule has 0 radical (unpaired) electrons. The fraction of sp³-hybridized carbons (Fsp3) is 0.417. The van der Waals surface area contributed by atoms with E-state index in [1.165, 1.54) is 0 Å². The van der Waals surface area contributed by atoms with Crippen LogP contribution in [0.15, 0.2) is 18.2 Å². The number of carbonyl (C=O) groups excluding carboxylic acids is 1. The number of carbonyl (C=O) groups is 1. The molecule has 0 bridgehead atoms. The number of ether oxygens (including phenoxy) is 1. The quantitative estimate of drug-likeness (QED) is 0.658. The SMILES string of the molecule is O=C(Nc1c(F)cccc1F)[C@@](F)(OC(F)(F)C(F)(F)C(F)(F)F)C(F)(F)F. The molecular formula is C12H4F13NO2. The second-order valence-corrected chi connectivity index (χ2v) is 4.83. The van der Waals surface area contributed by atoms with Crippen molar-refractivity contribution in [2.75, 3.05) is 5.32 Å². The van der Waals surface area contributed by atoms with Gasteiger partial charge in [-0.25, -0.2) is 8.78 Å². The van der Waals surface area contributed by atoms with E-state index in [1.54, 1.807) is 0 Å². The third-order valence-electron chi connectivity index (χ3n) is 2.85. The first-order valence-electron chi connectivity index (χ1n) is 6.31. The molecule has 3 nitrogen and oxygen atoms in total. The van der Waals surface area contributed by atoms with E-state index in [0.29, 0.717) is 23.5 Å². The summed E-state index contributed by atoms with van der Waals surface area (Å²) in [6.45, 7) is 0. The van der Waals surface area contributed by atoms with Gasteiger partial charge in [-0.3, -0.25) is 9.53 Å². The van der Waals surface area contributed by atoms with Gasteiger partial charge in [-0.1, -0.05) is 6.07 Å². The average Bonchev–Trinajstić information content (AvgIpc) is 2.47. The number of hydrogen-bond donors (Lipinski definition) is 1. The van der Waals surface area contributed by atoms with E-state index < -0.39 is 53.5 Å². The van der Waals surface area contributed by atoms with E-state index in [9.17, 15) is 61.9 Å². The lowest BCUT2D eigenvalue weighted by molar-refractivity contribution is -0.472. The Kier molecular flexibility index (Phi) is 5.92. The zero-order valence-corrected chi connectivity index (χ0v) is 12.5. The summed E-state index contributed by atoms with van der Waals surface area (Å²) in [5.74, 6) is -21.2. The van der Waals surface area contributed by atoms with E-state index in [0.717, 1.165) is 0 Å². The Hall–Kier alpha value is -2.26. The van der Waals surface area contributed by atoms with Gasteiger partial charge in [-0.05, 0) is 12.1 Å². The maximum absolute atomic E-state index is 13.9. The lowest BCUT2D eigenvalue weighted by Crippen LogP contribution is -2.62. The lowest BCUT2D eigenvalue weighted by atomic mass is 10.2. The van der Waals surface area contributed by atoms with Gasteiger partial charge in [0.1, 0.15) is 17.3 Å². The van der Waals surface area contributed by atoms with Crippen molar-refractivity contribution in [1.29, 1.82) is 0 Å². The van der Waals surface area contributed by atoms with Crippen molar-refractivity contribution >= 4 is 11.6 Å². The predicted octanol–water partition coefficient (Wildman–Crippen LogP) is 4.94. The molecule has 0 aliphatic heterocycles. The number of halogens is 13. The van der Waals surface area contributed by atoms with Crippen molar-refractivity contribution in [3.05, 3.63) is 29.8 Å². The number of hydrogen-bond acceptors (Lipinski definition) is 2. The Morgan fingerprint density at radius 3 is 1.57 bits per heavy atom. The van der Waals surface area contributed by atoms with E-state index >= 15 is 0 Å². The summed E-state index contributed by atoms with van der Waals surface area (Å²) in [6, 6.07) is 1.18. The van der Waals surface area contributed by atoms with Gasteiger partial charge in [0.05, 0.1) is 0 Å². The van der Waals surface area contributed by atoms with Crippen molar-refractivity contribution in [2.24, 2.45) is 0 Å². The summed E-state index contributed by atoms with van der Waals surface area (Å²) in [4.78, 5) is 11.3. The summed E-state index contributed by atoms with van der Waals surface area (Å²) in [5.41, 5.74) is -1.85. The number of amides is 1. The molecule has 0 unspecified atom stereocenters. The predicted molar refractivity (Wildman–Crippen MR) is 61.9 cm³/mol. The smallest absolute Gasteiger partial charge is 0.316 e. The summed E-state index contributed by atoms with van der Waals surface area (Å²) >= 11 is 0. The van der Waals surface area contributed by atoms with Crippen LogP contribution in [0.4, 0.5) is 62.8 Å². The summed E-state index contributed by atoms with van der Waals surface area (Å²) in [7, 11) is 0. The largest absolute Gasteiger partial charge is 0.462 e. The second kappa shape index (κ2) is 6.97. The van der Waals surface area contributed by atoms with Crippen molar-refractivity contribution in [2.45, 2.75) is 30.2 Å². The molecule has 1 N–H and O–H groups in total. The molecule has 0 aliphatic carbocycles. The molecule has 0 saturated carbocycles. The lowest BCUT2D eigenvalue weighted by Gasteiger charge is -2.34. The molecule has 0 spiro atoms. The Bertz CT molecular complexity index is 722. The van der Waals surface area contributed by atoms with Crippen LogP contribution in [-0.2, 0) is 9.53 Å². The summed E-state index contributed by atoms with van der Waals surface area (Å²) in [5, 5.41) is 0.470. The monoisotopic (exact) mass is 441 g/mol. The van der Waals surface area contributed by atoms with E-state index in [4.69, 9.17) is 0 Å². The molecule has 1 atom stereocenters. The van der Waals surface area contributed by atoms with Gasteiger partial charge >= 0.3 is 30.2 Å². The molecule has 16 heteroatoms. The molecule has 0 fully saturated rings.